The molecule has 0 aliphatic heterocycles. The zero-order valence-corrected chi connectivity index (χ0v) is 19.4. The number of fused-ring (bicyclic) bond motifs is 1. The maximum Gasteiger partial charge on any atom is 0.200 e. The number of rotatable bonds is 5. The second kappa shape index (κ2) is 9.65. The Kier molecular flexibility index (Phi) is 6.69. The topological polar surface area (TPSA) is 67.0 Å². The van der Waals surface area contributed by atoms with Crippen LogP contribution in [0.2, 0.25) is 0 Å². The van der Waals surface area contributed by atoms with Crippen LogP contribution in [0.15, 0.2) is 94.9 Å². The number of nitrogens with zero attached hydrogens (tertiary/aromatic N) is 3. The number of carbonyl (C=O) groups is 1. The Bertz CT molecular complexity index is 1330. The summed E-state index contributed by atoms with van der Waals surface area (Å²) in [7, 11) is 1.97. The van der Waals surface area contributed by atoms with Gasteiger partial charge in [0.05, 0.1) is 16.8 Å². The molecule has 7 heteroatoms. The molecule has 1 unspecified atom stereocenters. The van der Waals surface area contributed by atoms with Crippen molar-refractivity contribution in [2.45, 2.75) is 5.60 Å². The number of carbonyl (C=O) groups excluding carboxylic acids is 1. The highest BCUT2D eigenvalue weighted by Gasteiger charge is 2.38. The molecule has 0 bridgehead atoms. The molecule has 1 aromatic heterocycles. The van der Waals surface area contributed by atoms with E-state index < -0.39 is 5.60 Å². The largest absolute Gasteiger partial charge is 0.375 e. The van der Waals surface area contributed by atoms with Gasteiger partial charge in [0.15, 0.2) is 15.6 Å². The molecule has 3 aromatic carbocycles. The summed E-state index contributed by atoms with van der Waals surface area (Å²) >= 11 is 2.95. The van der Waals surface area contributed by atoms with Crippen molar-refractivity contribution in [3.63, 3.8) is 0 Å². The van der Waals surface area contributed by atoms with Crippen LogP contribution in [0.3, 0.4) is 0 Å². The number of Topliss-reactive ketones (excluding diaryl/α,β-unsaturated/α-hetero) is 1. The lowest BCUT2D eigenvalue weighted by Gasteiger charge is -2.25. The van der Waals surface area contributed by atoms with Crippen LogP contribution in [-0.2, 0) is 12.6 Å². The molecule has 162 valence electrons. The zero-order chi connectivity index (χ0) is 22.6. The molecule has 0 aliphatic rings. The highest BCUT2D eigenvalue weighted by molar-refractivity contribution is 8.13. The number of amidine groups is 1. The molecule has 0 saturated carbocycles. The van der Waals surface area contributed by atoms with Gasteiger partial charge in [0.25, 0.3) is 0 Å². The number of aliphatic imine (C=N–C) groups is 1. The Morgan fingerprint density at radius 1 is 1.00 bits per heavy atom. The maximum atomic E-state index is 13.3. The van der Waals surface area contributed by atoms with Gasteiger partial charge in [-0.05, 0) is 24.0 Å². The average molecular weight is 462 g/mol. The van der Waals surface area contributed by atoms with Gasteiger partial charge in [-0.3, -0.25) is 9.79 Å². The predicted octanol–water partition coefficient (Wildman–Crippen LogP) is 4.63. The van der Waals surface area contributed by atoms with Crippen LogP contribution in [0.25, 0.3) is 10.2 Å². The first-order valence-electron chi connectivity index (χ1n) is 10.1. The lowest BCUT2D eigenvalue weighted by atomic mass is 9.86. The number of ketones is 1. The minimum absolute atomic E-state index is 0.126. The molecular weight excluding hydrogens is 438 g/mol. The fourth-order valence-electron chi connectivity index (χ4n) is 3.43. The molecule has 5 nitrogen and oxygen atoms in total. The molecule has 1 heterocycles. The van der Waals surface area contributed by atoms with Crippen molar-refractivity contribution in [2.75, 3.05) is 12.8 Å². The van der Waals surface area contributed by atoms with E-state index in [9.17, 15) is 9.90 Å². The number of aryl methyl sites for hydroxylation is 1. The number of hydrogen-bond donors (Lipinski definition) is 1. The summed E-state index contributed by atoms with van der Waals surface area (Å²) in [5, 5.41) is 12.1. The number of para-hydroxylation sites is 1. The van der Waals surface area contributed by atoms with Crippen molar-refractivity contribution >= 4 is 44.3 Å². The summed E-state index contributed by atoms with van der Waals surface area (Å²) in [5.41, 5.74) is 0.247. The third-order valence-corrected chi connectivity index (χ3v) is 6.89. The van der Waals surface area contributed by atoms with E-state index in [4.69, 9.17) is 4.99 Å². The van der Waals surface area contributed by atoms with E-state index in [1.807, 2.05) is 48.2 Å². The maximum absolute atomic E-state index is 13.3. The molecule has 0 fully saturated rings. The molecule has 1 N–H and O–H groups in total. The molecule has 0 saturated heterocycles. The van der Waals surface area contributed by atoms with Gasteiger partial charge in [0, 0.05) is 12.6 Å². The Balaban J connectivity index is 1.74. The van der Waals surface area contributed by atoms with Crippen LogP contribution in [0.4, 0.5) is 0 Å². The first kappa shape index (κ1) is 22.2. The highest BCUT2D eigenvalue weighted by Crippen LogP contribution is 2.27. The van der Waals surface area contributed by atoms with Crippen LogP contribution in [0.5, 0.6) is 0 Å². The molecular formula is C25H23N3O2S2. The second-order valence-corrected chi connectivity index (χ2v) is 9.03. The highest BCUT2D eigenvalue weighted by atomic mass is 32.2. The van der Waals surface area contributed by atoms with Crippen LogP contribution < -0.4 is 4.80 Å². The predicted molar refractivity (Wildman–Crippen MR) is 133 cm³/mol. The number of aromatic nitrogens is 1. The molecule has 0 amide bonds. The molecule has 0 spiro atoms. The summed E-state index contributed by atoms with van der Waals surface area (Å²) in [4.78, 5) is 23.4. The fraction of sp³-hybridized carbons (Fsp3) is 0.160. The quantitative estimate of drug-likeness (QED) is 0.268. The monoisotopic (exact) mass is 461 g/mol. The van der Waals surface area contributed by atoms with Crippen LogP contribution in [-0.4, -0.2) is 33.4 Å². The third-order valence-electron chi connectivity index (χ3n) is 5.19. The SMILES string of the molecule is CSC(=NCC(O)(C(=O)c1ccccc1)c1ccccc1)/N=c1\sc2ccccc2n1C. The molecule has 0 aliphatic carbocycles. The fourth-order valence-corrected chi connectivity index (χ4v) is 4.88. The van der Waals surface area contributed by atoms with Gasteiger partial charge < -0.3 is 9.67 Å². The van der Waals surface area contributed by atoms with Crippen LogP contribution >= 0.6 is 23.1 Å². The number of benzene rings is 3. The number of hydrogen-bond acceptors (Lipinski definition) is 5. The Morgan fingerprint density at radius 2 is 1.62 bits per heavy atom. The van der Waals surface area contributed by atoms with Crippen molar-refractivity contribution < 1.29 is 9.90 Å². The van der Waals surface area contributed by atoms with Crippen LogP contribution in [0, 0.1) is 0 Å². The summed E-state index contributed by atoms with van der Waals surface area (Å²) in [6, 6.07) is 25.9. The molecule has 4 aromatic rings. The zero-order valence-electron chi connectivity index (χ0n) is 17.8. The van der Waals surface area contributed by atoms with Gasteiger partial charge in [-0.25, -0.2) is 0 Å². The first-order chi connectivity index (χ1) is 15.5. The van der Waals surface area contributed by atoms with Crippen LogP contribution in [0.1, 0.15) is 15.9 Å². The lowest BCUT2D eigenvalue weighted by molar-refractivity contribution is 0.0346. The van der Waals surface area contributed by atoms with E-state index in [0.717, 1.165) is 15.0 Å². The van der Waals surface area contributed by atoms with Crippen molar-refractivity contribution in [2.24, 2.45) is 17.0 Å². The van der Waals surface area contributed by atoms with Gasteiger partial charge in [-0.1, -0.05) is 95.9 Å². The van der Waals surface area contributed by atoms with Gasteiger partial charge in [-0.15, -0.1) is 0 Å². The third kappa shape index (κ3) is 4.46. The summed E-state index contributed by atoms with van der Waals surface area (Å²) in [6.45, 7) is -0.126. The summed E-state index contributed by atoms with van der Waals surface area (Å²) in [5.74, 6) is -0.388. The lowest BCUT2D eigenvalue weighted by Crippen LogP contribution is -2.39. The molecule has 1 atom stereocenters. The molecule has 0 radical (unpaired) electrons. The Morgan fingerprint density at radius 3 is 2.28 bits per heavy atom. The summed E-state index contributed by atoms with van der Waals surface area (Å²) in [6.07, 6.45) is 1.89. The molecule has 32 heavy (non-hydrogen) atoms. The van der Waals surface area contributed by atoms with Crippen molar-refractivity contribution in [1.29, 1.82) is 0 Å². The average Bonchev–Trinajstić information content (AvgIpc) is 3.17. The first-order valence-corrected chi connectivity index (χ1v) is 12.1. The van der Waals surface area contributed by atoms with E-state index in [1.165, 1.54) is 11.8 Å². The van der Waals surface area contributed by atoms with Crippen molar-refractivity contribution in [3.8, 4) is 0 Å². The second-order valence-electron chi connectivity index (χ2n) is 7.25. The number of thioether (sulfide) groups is 1. The van der Waals surface area contributed by atoms with E-state index >= 15 is 0 Å². The van der Waals surface area contributed by atoms with Gasteiger partial charge in [0.1, 0.15) is 0 Å². The van der Waals surface area contributed by atoms with E-state index in [1.54, 1.807) is 59.9 Å². The van der Waals surface area contributed by atoms with Gasteiger partial charge in [-0.2, -0.15) is 4.99 Å². The minimum Gasteiger partial charge on any atom is -0.375 e. The number of thiazole rings is 1. The Labute approximate surface area is 194 Å². The molecule has 4 rings (SSSR count). The van der Waals surface area contributed by atoms with E-state index in [-0.39, 0.29) is 12.3 Å². The minimum atomic E-state index is -1.79. The van der Waals surface area contributed by atoms with E-state index in [2.05, 4.69) is 11.1 Å². The smallest absolute Gasteiger partial charge is 0.200 e. The van der Waals surface area contributed by atoms with Crippen molar-refractivity contribution in [3.05, 3.63) is 101 Å². The van der Waals surface area contributed by atoms with E-state index in [0.29, 0.717) is 16.3 Å². The van der Waals surface area contributed by atoms with Crippen molar-refractivity contribution in [1.82, 2.24) is 4.57 Å². The number of aliphatic hydroxyl groups is 1. The normalized spacial score (nSPS) is 14.5. The Hall–Kier alpha value is -3.00. The standard InChI is InChI=1S/C25H23N3O2S2/c1-28-20-15-9-10-16-21(20)32-24(28)27-23(31-2)26-17-25(30,19-13-7-4-8-14-19)22(29)18-11-5-3-6-12-18/h3-16,30H,17H2,1-2H3/b26-23?,27-24-. The summed E-state index contributed by atoms with van der Waals surface area (Å²) < 4.78 is 3.15. The van der Waals surface area contributed by atoms with Gasteiger partial charge >= 0.3 is 0 Å². The van der Waals surface area contributed by atoms with Gasteiger partial charge in [0.2, 0.25) is 5.78 Å².